The van der Waals surface area contributed by atoms with Gasteiger partial charge >= 0.3 is 0 Å². The van der Waals surface area contributed by atoms with Gasteiger partial charge in [-0.3, -0.25) is 14.4 Å². The van der Waals surface area contributed by atoms with E-state index in [4.69, 9.17) is 0 Å². The molecule has 1 aliphatic rings. The summed E-state index contributed by atoms with van der Waals surface area (Å²) in [5.74, 6) is -1.05. The summed E-state index contributed by atoms with van der Waals surface area (Å²) in [7, 11) is 0. The van der Waals surface area contributed by atoms with Crippen LogP contribution in [0.3, 0.4) is 0 Å². The number of carbonyl (C=O) groups excluding carboxylic acids is 3. The molecular formula is C21H23N3O3. The van der Waals surface area contributed by atoms with Gasteiger partial charge in [-0.1, -0.05) is 6.07 Å². The van der Waals surface area contributed by atoms with E-state index in [1.807, 2.05) is 32.0 Å². The maximum atomic E-state index is 12.4. The van der Waals surface area contributed by atoms with Crippen LogP contribution in [0, 0.1) is 25.7 Å². The molecule has 0 heterocycles. The topological polar surface area (TPSA) is 87.3 Å². The van der Waals surface area contributed by atoms with Crippen molar-refractivity contribution in [3.05, 3.63) is 53.6 Å². The SMILES string of the molecule is CC(=O)Nc1ccc(NC(=O)C2CC2C(=O)Nc2ccc(C)c(C)c2)cc1. The molecule has 2 unspecified atom stereocenters. The van der Waals surface area contributed by atoms with E-state index in [0.29, 0.717) is 17.8 Å². The summed E-state index contributed by atoms with van der Waals surface area (Å²) in [6.07, 6.45) is 0.548. The molecule has 6 nitrogen and oxygen atoms in total. The summed E-state index contributed by atoms with van der Waals surface area (Å²) in [6, 6.07) is 12.6. The lowest BCUT2D eigenvalue weighted by Gasteiger charge is -2.08. The van der Waals surface area contributed by atoms with Gasteiger partial charge in [0.1, 0.15) is 0 Å². The zero-order valence-corrected chi connectivity index (χ0v) is 15.6. The van der Waals surface area contributed by atoms with E-state index in [2.05, 4.69) is 16.0 Å². The molecule has 0 saturated heterocycles. The predicted molar refractivity (Wildman–Crippen MR) is 106 cm³/mol. The number of hydrogen-bond acceptors (Lipinski definition) is 3. The highest BCUT2D eigenvalue weighted by Crippen LogP contribution is 2.40. The van der Waals surface area contributed by atoms with Crippen molar-refractivity contribution in [2.24, 2.45) is 11.8 Å². The first-order chi connectivity index (χ1) is 12.8. The second-order valence-electron chi connectivity index (χ2n) is 6.98. The van der Waals surface area contributed by atoms with E-state index in [9.17, 15) is 14.4 Å². The molecule has 1 aliphatic carbocycles. The summed E-state index contributed by atoms with van der Waals surface area (Å²) in [5.41, 5.74) is 4.33. The molecule has 2 aromatic carbocycles. The molecule has 0 aromatic heterocycles. The van der Waals surface area contributed by atoms with Crippen molar-refractivity contribution in [2.75, 3.05) is 16.0 Å². The van der Waals surface area contributed by atoms with Crippen molar-refractivity contribution in [3.63, 3.8) is 0 Å². The lowest BCUT2D eigenvalue weighted by atomic mass is 10.1. The first kappa shape index (κ1) is 18.6. The van der Waals surface area contributed by atoms with Gasteiger partial charge < -0.3 is 16.0 Å². The fourth-order valence-electron chi connectivity index (χ4n) is 2.90. The quantitative estimate of drug-likeness (QED) is 0.758. The maximum absolute atomic E-state index is 12.4. The Labute approximate surface area is 158 Å². The van der Waals surface area contributed by atoms with Crippen LogP contribution in [0.1, 0.15) is 24.5 Å². The van der Waals surface area contributed by atoms with Crippen molar-refractivity contribution in [1.82, 2.24) is 0 Å². The maximum Gasteiger partial charge on any atom is 0.228 e. The third kappa shape index (κ3) is 4.73. The van der Waals surface area contributed by atoms with Crippen LogP contribution in [0.2, 0.25) is 0 Å². The van der Waals surface area contributed by atoms with Crippen molar-refractivity contribution >= 4 is 34.8 Å². The minimum Gasteiger partial charge on any atom is -0.326 e. The largest absolute Gasteiger partial charge is 0.326 e. The summed E-state index contributed by atoms with van der Waals surface area (Å²) in [5, 5.41) is 8.37. The van der Waals surface area contributed by atoms with Crippen LogP contribution in [0.4, 0.5) is 17.1 Å². The van der Waals surface area contributed by atoms with Gasteiger partial charge in [-0.25, -0.2) is 0 Å². The van der Waals surface area contributed by atoms with Crippen LogP contribution in [-0.2, 0) is 14.4 Å². The second kappa shape index (κ2) is 7.61. The molecule has 1 fully saturated rings. The Hall–Kier alpha value is -3.15. The number of carbonyl (C=O) groups is 3. The molecule has 6 heteroatoms. The smallest absolute Gasteiger partial charge is 0.228 e. The lowest BCUT2D eigenvalue weighted by Crippen LogP contribution is -2.20. The molecule has 27 heavy (non-hydrogen) atoms. The van der Waals surface area contributed by atoms with E-state index in [-0.39, 0.29) is 29.6 Å². The van der Waals surface area contributed by atoms with E-state index in [0.717, 1.165) is 11.3 Å². The summed E-state index contributed by atoms with van der Waals surface area (Å²) in [4.78, 5) is 35.7. The van der Waals surface area contributed by atoms with Crippen molar-refractivity contribution in [2.45, 2.75) is 27.2 Å². The number of benzene rings is 2. The highest BCUT2D eigenvalue weighted by molar-refractivity contribution is 6.03. The van der Waals surface area contributed by atoms with Crippen molar-refractivity contribution < 1.29 is 14.4 Å². The Morgan fingerprint density at radius 2 is 1.22 bits per heavy atom. The van der Waals surface area contributed by atoms with Gasteiger partial charge in [0.25, 0.3) is 0 Å². The molecular weight excluding hydrogens is 342 g/mol. The molecule has 3 amide bonds. The molecule has 140 valence electrons. The zero-order chi connectivity index (χ0) is 19.6. The van der Waals surface area contributed by atoms with Crippen molar-refractivity contribution in [1.29, 1.82) is 0 Å². The van der Waals surface area contributed by atoms with E-state index in [1.165, 1.54) is 12.5 Å². The molecule has 0 aliphatic heterocycles. The highest BCUT2D eigenvalue weighted by Gasteiger charge is 2.48. The normalized spacial score (nSPS) is 17.7. The van der Waals surface area contributed by atoms with E-state index >= 15 is 0 Å². The zero-order valence-electron chi connectivity index (χ0n) is 15.6. The minimum absolute atomic E-state index is 0.126. The van der Waals surface area contributed by atoms with Gasteiger partial charge in [-0.05, 0) is 67.8 Å². The first-order valence-electron chi connectivity index (χ1n) is 8.90. The summed E-state index contributed by atoms with van der Waals surface area (Å²) < 4.78 is 0. The van der Waals surface area contributed by atoms with Gasteiger partial charge in [0.15, 0.2) is 0 Å². The third-order valence-corrected chi connectivity index (χ3v) is 4.71. The van der Waals surface area contributed by atoms with Crippen LogP contribution in [-0.4, -0.2) is 17.7 Å². The Morgan fingerprint density at radius 3 is 1.74 bits per heavy atom. The van der Waals surface area contributed by atoms with Crippen LogP contribution >= 0.6 is 0 Å². The van der Waals surface area contributed by atoms with Gasteiger partial charge in [-0.15, -0.1) is 0 Å². The molecule has 3 rings (SSSR count). The van der Waals surface area contributed by atoms with Gasteiger partial charge in [0.05, 0.1) is 11.8 Å². The molecule has 0 bridgehead atoms. The number of aryl methyl sites for hydroxylation is 2. The first-order valence-corrected chi connectivity index (χ1v) is 8.90. The van der Waals surface area contributed by atoms with Crippen molar-refractivity contribution in [3.8, 4) is 0 Å². The van der Waals surface area contributed by atoms with Gasteiger partial charge in [0.2, 0.25) is 17.7 Å². The predicted octanol–water partition coefficient (Wildman–Crippen LogP) is 3.48. The highest BCUT2D eigenvalue weighted by atomic mass is 16.2. The summed E-state index contributed by atoms with van der Waals surface area (Å²) >= 11 is 0. The number of amides is 3. The third-order valence-electron chi connectivity index (χ3n) is 4.71. The number of nitrogens with one attached hydrogen (secondary N) is 3. The molecule has 2 aromatic rings. The van der Waals surface area contributed by atoms with Crippen LogP contribution in [0.25, 0.3) is 0 Å². The second-order valence-corrected chi connectivity index (χ2v) is 6.98. The molecule has 3 N–H and O–H groups in total. The number of hydrogen-bond donors (Lipinski definition) is 3. The van der Waals surface area contributed by atoms with Crippen LogP contribution < -0.4 is 16.0 Å². The molecule has 1 saturated carbocycles. The van der Waals surface area contributed by atoms with Crippen LogP contribution in [0.5, 0.6) is 0 Å². The van der Waals surface area contributed by atoms with Gasteiger partial charge in [-0.2, -0.15) is 0 Å². The lowest BCUT2D eigenvalue weighted by molar-refractivity contribution is -0.122. The molecule has 2 atom stereocenters. The Bertz CT molecular complexity index is 890. The fraction of sp³-hybridized carbons (Fsp3) is 0.286. The molecule has 0 radical (unpaired) electrons. The molecule has 0 spiro atoms. The average molecular weight is 365 g/mol. The Morgan fingerprint density at radius 1 is 0.741 bits per heavy atom. The van der Waals surface area contributed by atoms with E-state index in [1.54, 1.807) is 24.3 Å². The number of rotatable bonds is 5. The Kier molecular flexibility index (Phi) is 5.26. The average Bonchev–Trinajstić information content (AvgIpc) is 3.40. The Balaban J connectivity index is 1.53. The fourth-order valence-corrected chi connectivity index (χ4v) is 2.90. The minimum atomic E-state index is -0.313. The summed E-state index contributed by atoms with van der Waals surface area (Å²) in [6.45, 7) is 5.45. The standard InChI is InChI=1S/C21H23N3O3/c1-12-4-5-17(10-13(12)2)24-21(27)19-11-18(19)20(26)23-16-8-6-15(7-9-16)22-14(3)25/h4-10,18-19H,11H2,1-3H3,(H,22,25)(H,23,26)(H,24,27). The van der Waals surface area contributed by atoms with E-state index < -0.39 is 0 Å². The van der Waals surface area contributed by atoms with Crippen LogP contribution in [0.15, 0.2) is 42.5 Å². The van der Waals surface area contributed by atoms with Gasteiger partial charge in [0, 0.05) is 24.0 Å². The number of anilines is 3. The monoisotopic (exact) mass is 365 g/mol.